The van der Waals surface area contributed by atoms with Crippen LogP contribution in [0.1, 0.15) is 132 Å². The largest absolute Gasteiger partial charge is 0.0988 e. The van der Waals surface area contributed by atoms with Crippen LogP contribution in [0.2, 0.25) is 0 Å². The first-order valence-corrected chi connectivity index (χ1v) is 18.0. The fourth-order valence-electron chi connectivity index (χ4n) is 4.34. The van der Waals surface area contributed by atoms with E-state index in [0.717, 1.165) is 17.9 Å². The van der Waals surface area contributed by atoms with Crippen LogP contribution in [-0.2, 0) is 6.42 Å². The van der Waals surface area contributed by atoms with Gasteiger partial charge >= 0.3 is 0 Å². The lowest BCUT2D eigenvalue weighted by Crippen LogP contribution is -1.96. The summed E-state index contributed by atoms with van der Waals surface area (Å²) in [5.41, 5.74) is 11.7. The van der Waals surface area contributed by atoms with E-state index in [2.05, 4.69) is 147 Å². The Balaban J connectivity index is -0.000000600. The minimum Gasteiger partial charge on any atom is -0.0988 e. The fourth-order valence-corrected chi connectivity index (χ4v) is 4.34. The Morgan fingerprint density at radius 3 is 1.65 bits per heavy atom. The second kappa shape index (κ2) is 31.6. The average Bonchev–Trinajstić information content (AvgIpc) is 3.10. The zero-order valence-corrected chi connectivity index (χ0v) is 32.7. The molecule has 3 aromatic rings. The van der Waals surface area contributed by atoms with Gasteiger partial charge in [0.25, 0.3) is 0 Å². The van der Waals surface area contributed by atoms with Crippen LogP contribution in [0.15, 0.2) is 121 Å². The molecule has 0 aliphatic carbocycles. The lowest BCUT2D eigenvalue weighted by Gasteiger charge is -2.12. The van der Waals surface area contributed by atoms with Crippen LogP contribution in [0.4, 0.5) is 0 Å². The van der Waals surface area contributed by atoms with Crippen LogP contribution in [0.5, 0.6) is 0 Å². The molecule has 0 heteroatoms. The lowest BCUT2D eigenvalue weighted by atomic mass is 9.94. The van der Waals surface area contributed by atoms with Gasteiger partial charge in [0, 0.05) is 0 Å². The van der Waals surface area contributed by atoms with E-state index in [-0.39, 0.29) is 0 Å². The van der Waals surface area contributed by atoms with Crippen molar-refractivity contribution in [1.82, 2.24) is 0 Å². The second-order valence-corrected chi connectivity index (χ2v) is 11.1. The predicted molar refractivity (Wildman–Crippen MR) is 217 cm³/mol. The molecule has 1 atom stereocenters. The Morgan fingerprint density at radius 2 is 1.22 bits per heavy atom. The zero-order chi connectivity index (χ0) is 35.9. The number of allylic oxidation sites excluding steroid dienone is 6. The summed E-state index contributed by atoms with van der Waals surface area (Å²) in [5.74, 6) is 0.779. The highest BCUT2D eigenvalue weighted by Crippen LogP contribution is 2.23. The van der Waals surface area contributed by atoms with E-state index < -0.39 is 0 Å². The highest BCUT2D eigenvalue weighted by atomic mass is 14.1. The van der Waals surface area contributed by atoms with Gasteiger partial charge in [-0.2, -0.15) is 0 Å². The minimum atomic E-state index is 0.779. The van der Waals surface area contributed by atoms with E-state index in [1.807, 2.05) is 53.7 Å². The molecule has 0 N–H and O–H groups in total. The summed E-state index contributed by atoms with van der Waals surface area (Å²) in [7, 11) is 0. The summed E-state index contributed by atoms with van der Waals surface area (Å²) in [4.78, 5) is 0. The third-order valence-corrected chi connectivity index (χ3v) is 7.20. The Labute approximate surface area is 288 Å². The highest BCUT2D eigenvalue weighted by Gasteiger charge is 2.04. The van der Waals surface area contributed by atoms with Gasteiger partial charge in [-0.3, -0.25) is 0 Å². The quantitative estimate of drug-likeness (QED) is 0.197. The van der Waals surface area contributed by atoms with Crippen molar-refractivity contribution in [2.24, 2.45) is 5.92 Å². The molecule has 0 nitrogen and oxygen atoms in total. The summed E-state index contributed by atoms with van der Waals surface area (Å²) in [6.07, 6.45) is 10.4. The van der Waals surface area contributed by atoms with E-state index in [1.165, 1.54) is 70.2 Å². The predicted octanol–water partition coefficient (Wildman–Crippen LogP) is 15.7. The molecule has 0 bridgehead atoms. The number of aryl methyl sites for hydroxylation is 2. The summed E-state index contributed by atoms with van der Waals surface area (Å²) in [5, 5.41) is 0. The third kappa shape index (κ3) is 22.2. The maximum Gasteiger partial charge on any atom is -0.0161 e. The smallest absolute Gasteiger partial charge is 0.0161 e. The summed E-state index contributed by atoms with van der Waals surface area (Å²) in [6, 6.07) is 27.7. The molecular formula is C46H72. The number of rotatable bonds is 10. The van der Waals surface area contributed by atoms with Crippen LogP contribution < -0.4 is 0 Å². The van der Waals surface area contributed by atoms with Crippen LogP contribution in [-0.4, -0.2) is 0 Å². The average molecular weight is 625 g/mol. The second-order valence-electron chi connectivity index (χ2n) is 11.1. The molecule has 3 aromatic carbocycles. The zero-order valence-electron chi connectivity index (χ0n) is 32.7. The van der Waals surface area contributed by atoms with Crippen molar-refractivity contribution >= 4 is 5.57 Å². The van der Waals surface area contributed by atoms with Gasteiger partial charge in [0.1, 0.15) is 0 Å². The molecule has 0 radical (unpaired) electrons. The van der Waals surface area contributed by atoms with Crippen molar-refractivity contribution in [1.29, 1.82) is 0 Å². The van der Waals surface area contributed by atoms with E-state index in [4.69, 9.17) is 0 Å². The standard InChI is InChI=1S/C19H28.C14H14.C7H12.3C2H6/c1-6-7-10-15(2)13-16(3)14-18(5)19-12-9-8-11-17(19)4;1-2-12-8-10-14(11-9-12)13-6-4-3-5-7-13;1-5-7(4)6(2)3;3*1-2/h8-9,11-12,14-15H,5-7,10,13H2,1-4H3;3-11H,2H2,1H3;5H,1H2,2-4H3;3*1-2H3/b16-14-;;;;;. The topological polar surface area (TPSA) is 0 Å². The molecule has 256 valence electrons. The summed E-state index contributed by atoms with van der Waals surface area (Å²) < 4.78 is 0. The van der Waals surface area contributed by atoms with E-state index in [1.54, 1.807) is 0 Å². The molecule has 0 amide bonds. The first kappa shape index (κ1) is 47.0. The SMILES string of the molecule is C=C(/C=C(/C)CC(C)CCCC)c1ccccc1C.C=CC(C)=C(C)C.CC.CC.CC.CCc1ccc(-c2ccccc2)cc1. The monoisotopic (exact) mass is 625 g/mol. The Morgan fingerprint density at radius 1 is 0.717 bits per heavy atom. The molecule has 1 unspecified atom stereocenters. The molecule has 0 saturated heterocycles. The molecule has 46 heavy (non-hydrogen) atoms. The van der Waals surface area contributed by atoms with Crippen LogP contribution in [0.3, 0.4) is 0 Å². The molecular weight excluding hydrogens is 553 g/mol. The lowest BCUT2D eigenvalue weighted by molar-refractivity contribution is 0.502. The molecule has 3 rings (SSSR count). The Bertz CT molecular complexity index is 1200. The number of hydrogen-bond acceptors (Lipinski definition) is 0. The number of hydrogen-bond donors (Lipinski definition) is 0. The molecule has 0 aromatic heterocycles. The molecule has 0 spiro atoms. The van der Waals surface area contributed by atoms with Gasteiger partial charge in [-0.1, -0.05) is 202 Å². The minimum absolute atomic E-state index is 0.779. The van der Waals surface area contributed by atoms with Crippen LogP contribution in [0.25, 0.3) is 16.7 Å². The fraction of sp³-hybridized carbons (Fsp3) is 0.435. The Hall–Kier alpha value is -3.38. The van der Waals surface area contributed by atoms with Gasteiger partial charge < -0.3 is 0 Å². The van der Waals surface area contributed by atoms with Gasteiger partial charge in [0.2, 0.25) is 0 Å². The highest BCUT2D eigenvalue weighted by molar-refractivity contribution is 5.74. The molecule has 0 heterocycles. The molecule has 0 aliphatic rings. The van der Waals surface area contributed by atoms with Crippen molar-refractivity contribution < 1.29 is 0 Å². The van der Waals surface area contributed by atoms with Crippen LogP contribution in [0, 0.1) is 12.8 Å². The van der Waals surface area contributed by atoms with E-state index in [0.29, 0.717) is 0 Å². The number of benzene rings is 3. The van der Waals surface area contributed by atoms with Crippen molar-refractivity contribution in [2.75, 3.05) is 0 Å². The van der Waals surface area contributed by atoms with Crippen molar-refractivity contribution in [2.45, 2.75) is 129 Å². The first-order valence-electron chi connectivity index (χ1n) is 18.0. The van der Waals surface area contributed by atoms with Gasteiger partial charge in [-0.05, 0) is 86.8 Å². The van der Waals surface area contributed by atoms with Gasteiger partial charge in [0.15, 0.2) is 0 Å². The maximum atomic E-state index is 4.22. The molecule has 0 aliphatic heterocycles. The Kier molecular flexibility index (Phi) is 32.3. The van der Waals surface area contributed by atoms with E-state index >= 15 is 0 Å². The summed E-state index contributed by atoms with van der Waals surface area (Å²) in [6.45, 7) is 37.2. The molecule has 0 fully saturated rings. The van der Waals surface area contributed by atoms with Crippen molar-refractivity contribution in [3.8, 4) is 11.1 Å². The molecule has 0 saturated carbocycles. The van der Waals surface area contributed by atoms with Gasteiger partial charge in [-0.25, -0.2) is 0 Å². The first-order chi connectivity index (χ1) is 22.1. The summed E-state index contributed by atoms with van der Waals surface area (Å²) >= 11 is 0. The van der Waals surface area contributed by atoms with Gasteiger partial charge in [-0.15, -0.1) is 0 Å². The van der Waals surface area contributed by atoms with Crippen LogP contribution >= 0.6 is 0 Å². The van der Waals surface area contributed by atoms with Crippen molar-refractivity contribution in [3.05, 3.63) is 138 Å². The maximum absolute atomic E-state index is 4.22. The van der Waals surface area contributed by atoms with Gasteiger partial charge in [0.05, 0.1) is 0 Å². The third-order valence-electron chi connectivity index (χ3n) is 7.20. The number of unbranched alkanes of at least 4 members (excludes halogenated alkanes) is 1. The normalized spacial score (nSPS) is 10.2. The van der Waals surface area contributed by atoms with E-state index in [9.17, 15) is 0 Å². The van der Waals surface area contributed by atoms with Crippen molar-refractivity contribution in [3.63, 3.8) is 0 Å².